The van der Waals surface area contributed by atoms with E-state index in [1.807, 2.05) is 6.92 Å². The third-order valence-electron chi connectivity index (χ3n) is 8.21. The van der Waals surface area contributed by atoms with Crippen molar-refractivity contribution in [1.29, 1.82) is 0 Å². The lowest BCUT2D eigenvalue weighted by atomic mass is 9.84. The molecule has 0 radical (unpaired) electrons. The average molecular weight is 451 g/mol. The van der Waals surface area contributed by atoms with E-state index in [1.165, 1.54) is 30.5 Å². The summed E-state index contributed by atoms with van der Waals surface area (Å²) in [6.07, 6.45) is 10.1. The monoisotopic (exact) mass is 450 g/mol. The van der Waals surface area contributed by atoms with Crippen LogP contribution in [0.25, 0.3) is 5.57 Å². The Labute approximate surface area is 194 Å². The second kappa shape index (κ2) is 7.74. The SMILES string of the molecule is Cc1ccc(N2CCN([C@H]3C=C(c4nc5c(c(=O)[nH]4)CC4(CC5)CC4)CC3)CC2)cc1Cl. The van der Waals surface area contributed by atoms with Gasteiger partial charge in [-0.3, -0.25) is 9.69 Å². The molecule has 2 heterocycles. The molecule has 4 aliphatic rings. The Morgan fingerprint density at radius 2 is 1.94 bits per heavy atom. The van der Waals surface area contributed by atoms with Gasteiger partial charge in [-0.15, -0.1) is 0 Å². The van der Waals surface area contributed by atoms with Gasteiger partial charge in [-0.25, -0.2) is 4.98 Å². The van der Waals surface area contributed by atoms with E-state index in [2.05, 4.69) is 39.1 Å². The highest BCUT2D eigenvalue weighted by Gasteiger charge is 2.45. The van der Waals surface area contributed by atoms with E-state index < -0.39 is 0 Å². The summed E-state index contributed by atoms with van der Waals surface area (Å²) in [6, 6.07) is 6.80. The van der Waals surface area contributed by atoms with Crippen LogP contribution in [0.2, 0.25) is 5.02 Å². The molecule has 5 nitrogen and oxygen atoms in total. The van der Waals surface area contributed by atoms with E-state index in [-0.39, 0.29) is 5.56 Å². The predicted octanol–water partition coefficient (Wildman–Crippen LogP) is 4.37. The number of nitrogens with zero attached hydrogens (tertiary/aromatic N) is 3. The van der Waals surface area contributed by atoms with Crippen molar-refractivity contribution in [2.24, 2.45) is 5.41 Å². The molecule has 1 aliphatic heterocycles. The van der Waals surface area contributed by atoms with Gasteiger partial charge in [-0.2, -0.15) is 0 Å². The Balaban J connectivity index is 1.14. The van der Waals surface area contributed by atoms with Crippen LogP contribution in [0.5, 0.6) is 0 Å². The first-order valence-corrected chi connectivity index (χ1v) is 12.5. The maximum absolute atomic E-state index is 12.8. The summed E-state index contributed by atoms with van der Waals surface area (Å²) in [4.78, 5) is 25.9. The molecule has 1 aromatic heterocycles. The predicted molar refractivity (Wildman–Crippen MR) is 130 cm³/mol. The molecule has 6 heteroatoms. The van der Waals surface area contributed by atoms with Crippen molar-refractivity contribution in [3.05, 3.63) is 62.3 Å². The van der Waals surface area contributed by atoms with Crippen LogP contribution in [0.4, 0.5) is 5.69 Å². The summed E-state index contributed by atoms with van der Waals surface area (Å²) in [5.41, 5.74) is 6.11. The lowest BCUT2D eigenvalue weighted by Gasteiger charge is -2.38. The number of hydrogen-bond acceptors (Lipinski definition) is 4. The number of aryl methyl sites for hydroxylation is 2. The fourth-order valence-electron chi connectivity index (χ4n) is 5.81. The van der Waals surface area contributed by atoms with E-state index in [1.54, 1.807) is 0 Å². The van der Waals surface area contributed by atoms with Gasteiger partial charge in [0.15, 0.2) is 0 Å². The molecule has 0 bridgehead atoms. The lowest BCUT2D eigenvalue weighted by Crippen LogP contribution is -2.49. The smallest absolute Gasteiger partial charge is 0.254 e. The van der Waals surface area contributed by atoms with Crippen LogP contribution in [-0.4, -0.2) is 47.1 Å². The van der Waals surface area contributed by atoms with Crippen molar-refractivity contribution in [2.75, 3.05) is 31.1 Å². The number of H-pyrrole nitrogens is 1. The van der Waals surface area contributed by atoms with Crippen LogP contribution in [0.1, 0.15) is 54.7 Å². The molecular weight excluding hydrogens is 420 g/mol. The van der Waals surface area contributed by atoms with Crippen LogP contribution in [0.15, 0.2) is 29.1 Å². The van der Waals surface area contributed by atoms with Gasteiger partial charge in [0.1, 0.15) is 5.82 Å². The van der Waals surface area contributed by atoms with Crippen molar-refractivity contribution in [3.63, 3.8) is 0 Å². The quantitative estimate of drug-likeness (QED) is 0.754. The van der Waals surface area contributed by atoms with Crippen molar-refractivity contribution in [1.82, 2.24) is 14.9 Å². The molecule has 168 valence electrons. The highest BCUT2D eigenvalue weighted by atomic mass is 35.5. The first kappa shape index (κ1) is 20.5. The number of nitrogens with one attached hydrogen (secondary N) is 1. The summed E-state index contributed by atoms with van der Waals surface area (Å²) in [5, 5.41) is 0.840. The summed E-state index contributed by atoms with van der Waals surface area (Å²) in [6.45, 7) is 6.14. The number of fused-ring (bicyclic) bond motifs is 1. The Bertz CT molecular complexity index is 1140. The highest BCUT2D eigenvalue weighted by molar-refractivity contribution is 6.31. The second-order valence-corrected chi connectivity index (χ2v) is 10.7. The van der Waals surface area contributed by atoms with Gasteiger partial charge in [-0.05, 0) is 80.6 Å². The van der Waals surface area contributed by atoms with Crippen LogP contribution in [0.3, 0.4) is 0 Å². The molecule has 1 saturated carbocycles. The van der Waals surface area contributed by atoms with Gasteiger partial charge in [0.25, 0.3) is 5.56 Å². The number of piperazine rings is 1. The summed E-state index contributed by atoms with van der Waals surface area (Å²) in [5.74, 6) is 0.816. The fraction of sp³-hybridized carbons (Fsp3) is 0.538. The van der Waals surface area contributed by atoms with Gasteiger partial charge in [-0.1, -0.05) is 23.7 Å². The number of hydrogen-bond donors (Lipinski definition) is 1. The third kappa shape index (κ3) is 3.69. The number of allylic oxidation sites excluding steroid dienone is 1. The minimum absolute atomic E-state index is 0.102. The minimum Gasteiger partial charge on any atom is -0.369 e. The molecule has 1 aromatic carbocycles. The molecule has 6 rings (SSSR count). The van der Waals surface area contributed by atoms with Crippen LogP contribution >= 0.6 is 11.6 Å². The van der Waals surface area contributed by atoms with Gasteiger partial charge in [0.2, 0.25) is 0 Å². The molecule has 2 fully saturated rings. The van der Waals surface area contributed by atoms with Crippen molar-refractivity contribution >= 4 is 22.9 Å². The number of aromatic nitrogens is 2. The molecule has 1 saturated heterocycles. The Hall–Kier alpha value is -2.11. The Kier molecular flexibility index (Phi) is 4.96. The highest BCUT2D eigenvalue weighted by Crippen LogP contribution is 2.53. The standard InChI is InChI=1S/C26H31ClN4O/c1-17-2-4-20(15-22(17)27)31-12-10-30(11-13-31)19-5-3-18(14-19)24-28-23-6-7-26(8-9-26)16-21(23)25(32)29-24/h2,4,14-15,19H,3,5-13,16H2,1H3,(H,28,29,32)/t19-/m1/s1. The molecule has 1 atom stereocenters. The number of anilines is 1. The van der Waals surface area contributed by atoms with Gasteiger partial charge in [0.05, 0.1) is 5.69 Å². The maximum atomic E-state index is 12.8. The van der Waals surface area contributed by atoms with Gasteiger partial charge < -0.3 is 9.88 Å². The molecule has 0 amide bonds. The largest absolute Gasteiger partial charge is 0.369 e. The zero-order valence-electron chi connectivity index (χ0n) is 18.8. The first-order valence-electron chi connectivity index (χ1n) is 12.1. The normalized spacial score (nSPS) is 24.5. The van der Waals surface area contributed by atoms with Crippen LogP contribution in [0, 0.1) is 12.3 Å². The van der Waals surface area contributed by atoms with E-state index in [9.17, 15) is 4.79 Å². The van der Waals surface area contributed by atoms with Crippen LogP contribution in [-0.2, 0) is 12.8 Å². The van der Waals surface area contributed by atoms with E-state index in [0.29, 0.717) is 11.5 Å². The molecular formula is C26H31ClN4O. The van der Waals surface area contributed by atoms with E-state index in [4.69, 9.17) is 16.6 Å². The average Bonchev–Trinajstić information content (AvgIpc) is 3.36. The fourth-order valence-corrected chi connectivity index (χ4v) is 5.99. The van der Waals surface area contributed by atoms with E-state index in [0.717, 1.165) is 79.5 Å². The zero-order valence-corrected chi connectivity index (χ0v) is 19.5. The number of halogens is 1. The van der Waals surface area contributed by atoms with Gasteiger partial charge >= 0.3 is 0 Å². The lowest BCUT2D eigenvalue weighted by molar-refractivity contribution is 0.214. The maximum Gasteiger partial charge on any atom is 0.254 e. The molecule has 0 unspecified atom stereocenters. The molecule has 2 aromatic rings. The van der Waals surface area contributed by atoms with Gasteiger partial charge in [0, 0.05) is 48.5 Å². The van der Waals surface area contributed by atoms with Crippen molar-refractivity contribution in [2.45, 2.75) is 57.9 Å². The topological polar surface area (TPSA) is 52.2 Å². The number of benzene rings is 1. The molecule has 3 aliphatic carbocycles. The Morgan fingerprint density at radius 1 is 1.12 bits per heavy atom. The third-order valence-corrected chi connectivity index (χ3v) is 8.62. The first-order chi connectivity index (χ1) is 15.5. The zero-order chi connectivity index (χ0) is 21.9. The molecule has 1 spiro atoms. The summed E-state index contributed by atoms with van der Waals surface area (Å²) in [7, 11) is 0. The number of rotatable bonds is 3. The van der Waals surface area contributed by atoms with Crippen LogP contribution < -0.4 is 10.5 Å². The van der Waals surface area contributed by atoms with Crippen molar-refractivity contribution in [3.8, 4) is 0 Å². The summed E-state index contributed by atoms with van der Waals surface area (Å²) >= 11 is 6.34. The number of aromatic amines is 1. The minimum atomic E-state index is 0.102. The molecule has 32 heavy (non-hydrogen) atoms. The van der Waals surface area contributed by atoms with Crippen molar-refractivity contribution < 1.29 is 0 Å². The second-order valence-electron chi connectivity index (χ2n) is 10.3. The molecule has 1 N–H and O–H groups in total. The summed E-state index contributed by atoms with van der Waals surface area (Å²) < 4.78 is 0. The van der Waals surface area contributed by atoms with E-state index >= 15 is 0 Å². The Morgan fingerprint density at radius 3 is 2.69 bits per heavy atom.